The number of rotatable bonds is 10. The van der Waals surface area contributed by atoms with Crippen LogP contribution < -0.4 is 5.32 Å². The zero-order valence-electron chi connectivity index (χ0n) is 19.2. The van der Waals surface area contributed by atoms with Crippen molar-refractivity contribution in [1.29, 1.82) is 0 Å². The molecular weight excluding hydrogens is 472 g/mol. The largest absolute Gasteiger partial charge is 0.392 e. The second kappa shape index (κ2) is 11.6. The first-order valence-corrected chi connectivity index (χ1v) is 12.9. The minimum absolute atomic E-state index is 0.133. The topological polar surface area (TPSA) is 86.7 Å². The Morgan fingerprint density at radius 2 is 1.62 bits per heavy atom. The fourth-order valence-electron chi connectivity index (χ4n) is 3.67. The maximum absolute atomic E-state index is 13.7. The molecule has 0 fully saturated rings. The van der Waals surface area contributed by atoms with E-state index in [-0.39, 0.29) is 29.9 Å². The average molecular weight is 501 g/mol. The molecule has 0 aromatic heterocycles. The first-order valence-electron chi connectivity index (χ1n) is 11.1. The summed E-state index contributed by atoms with van der Waals surface area (Å²) in [7, 11) is -3.85. The Morgan fingerprint density at radius 3 is 2.18 bits per heavy atom. The van der Waals surface area contributed by atoms with Gasteiger partial charge in [-0.3, -0.25) is 4.79 Å². The van der Waals surface area contributed by atoms with Gasteiger partial charge in [0.15, 0.2) is 0 Å². The number of amides is 1. The molecule has 0 aliphatic carbocycles. The van der Waals surface area contributed by atoms with Crippen LogP contribution in [0.25, 0.3) is 0 Å². The van der Waals surface area contributed by atoms with Crippen LogP contribution in [-0.2, 0) is 16.6 Å². The zero-order valence-corrected chi connectivity index (χ0v) is 20.8. The summed E-state index contributed by atoms with van der Waals surface area (Å²) in [5, 5.41) is 12.5. The highest BCUT2D eigenvalue weighted by molar-refractivity contribution is 7.89. The number of halogens is 1. The normalized spacial score (nSPS) is 13.4. The summed E-state index contributed by atoms with van der Waals surface area (Å²) in [6.07, 6.45) is -0.0600. The van der Waals surface area contributed by atoms with Crippen molar-refractivity contribution >= 4 is 27.5 Å². The number of nitrogens with zero attached hydrogens (tertiary/aromatic N) is 1. The van der Waals surface area contributed by atoms with Crippen molar-refractivity contribution in [2.75, 3.05) is 6.54 Å². The smallest absolute Gasteiger partial charge is 0.251 e. The van der Waals surface area contributed by atoms with Crippen LogP contribution in [0.1, 0.15) is 47.8 Å². The summed E-state index contributed by atoms with van der Waals surface area (Å²) in [5.41, 5.74) is 2.09. The van der Waals surface area contributed by atoms with E-state index in [4.69, 9.17) is 11.6 Å². The summed E-state index contributed by atoms with van der Waals surface area (Å²) >= 11 is 5.98. The summed E-state index contributed by atoms with van der Waals surface area (Å²) < 4.78 is 29.0. The molecule has 0 spiro atoms. The van der Waals surface area contributed by atoms with Crippen molar-refractivity contribution in [2.24, 2.45) is 0 Å². The van der Waals surface area contributed by atoms with Gasteiger partial charge in [0.1, 0.15) is 0 Å². The van der Waals surface area contributed by atoms with E-state index in [0.717, 1.165) is 11.1 Å². The number of hydrogen-bond donors (Lipinski definition) is 2. The minimum atomic E-state index is -3.85. The lowest BCUT2D eigenvalue weighted by Crippen LogP contribution is -2.34. The van der Waals surface area contributed by atoms with E-state index in [9.17, 15) is 18.3 Å². The van der Waals surface area contributed by atoms with Gasteiger partial charge in [-0.2, -0.15) is 4.31 Å². The molecule has 3 rings (SSSR count). The second-order valence-corrected chi connectivity index (χ2v) is 10.4. The first-order chi connectivity index (χ1) is 16.2. The number of aliphatic hydroxyl groups excluding tert-OH is 1. The number of carbonyl (C=O) groups excluding carboxylic acids is 1. The Kier molecular flexibility index (Phi) is 8.85. The molecular formula is C26H29ClN2O4S. The molecule has 0 saturated heterocycles. The Morgan fingerprint density at radius 1 is 1.00 bits per heavy atom. The van der Waals surface area contributed by atoms with Crippen molar-refractivity contribution in [2.45, 2.75) is 43.9 Å². The van der Waals surface area contributed by atoms with Gasteiger partial charge in [-0.1, -0.05) is 61.0 Å². The van der Waals surface area contributed by atoms with Gasteiger partial charge < -0.3 is 10.4 Å². The van der Waals surface area contributed by atoms with Crippen LogP contribution in [-0.4, -0.2) is 36.4 Å². The molecule has 3 aromatic rings. The quantitative estimate of drug-likeness (QED) is 0.419. The van der Waals surface area contributed by atoms with E-state index < -0.39 is 16.1 Å². The van der Waals surface area contributed by atoms with Gasteiger partial charge in [0.25, 0.3) is 5.91 Å². The third kappa shape index (κ3) is 6.45. The minimum Gasteiger partial charge on any atom is -0.392 e. The molecule has 1 unspecified atom stereocenters. The Hall–Kier alpha value is -2.71. The lowest BCUT2D eigenvalue weighted by molar-refractivity contribution is 0.0924. The lowest BCUT2D eigenvalue weighted by Gasteiger charge is -2.31. The number of aliphatic hydroxyl groups is 1. The van der Waals surface area contributed by atoms with Crippen LogP contribution in [0.4, 0.5) is 0 Å². The summed E-state index contributed by atoms with van der Waals surface area (Å²) in [6.45, 7) is 3.84. The molecule has 180 valence electrons. The number of nitrogens with one attached hydrogen (secondary N) is 1. The van der Waals surface area contributed by atoms with E-state index in [1.807, 2.05) is 37.3 Å². The number of hydrogen-bond acceptors (Lipinski definition) is 4. The molecule has 0 heterocycles. The van der Waals surface area contributed by atoms with Gasteiger partial charge in [-0.25, -0.2) is 8.42 Å². The van der Waals surface area contributed by atoms with E-state index >= 15 is 0 Å². The Bertz CT molecular complexity index is 1180. The fourth-order valence-corrected chi connectivity index (χ4v) is 5.47. The molecule has 34 heavy (non-hydrogen) atoms. The molecule has 6 nitrogen and oxygen atoms in total. The van der Waals surface area contributed by atoms with E-state index in [2.05, 4.69) is 5.32 Å². The fraction of sp³-hybridized carbons (Fsp3) is 0.269. The highest BCUT2D eigenvalue weighted by Gasteiger charge is 2.31. The molecule has 1 amide bonds. The molecule has 0 bridgehead atoms. The van der Waals surface area contributed by atoms with Crippen LogP contribution in [0.5, 0.6) is 0 Å². The van der Waals surface area contributed by atoms with Crippen molar-refractivity contribution < 1.29 is 18.3 Å². The Balaban J connectivity index is 1.94. The zero-order chi connectivity index (χ0) is 24.7. The average Bonchev–Trinajstić information content (AvgIpc) is 2.83. The molecule has 0 aliphatic heterocycles. The molecule has 0 aliphatic rings. The molecule has 0 saturated carbocycles. The standard InChI is InChI=1S/C26H29ClN2O4S/c1-3-25(21-7-5-4-6-8-21)29(34(32,33)24-15-13-23(27)14-16-24)18-20-9-11-22(12-10-20)26(31)28-17-19(2)30/h4-16,19,25,30H,3,17-18H2,1-2H3,(H,28,31)/t19?,25-/m0/s1. The number of benzene rings is 3. The van der Waals surface area contributed by atoms with E-state index in [1.165, 1.54) is 16.4 Å². The highest BCUT2D eigenvalue weighted by atomic mass is 35.5. The van der Waals surface area contributed by atoms with Gasteiger partial charge in [-0.15, -0.1) is 0 Å². The molecule has 2 N–H and O–H groups in total. The highest BCUT2D eigenvalue weighted by Crippen LogP contribution is 2.32. The molecule has 8 heteroatoms. The SMILES string of the molecule is CC[C@@H](c1ccccc1)N(Cc1ccc(C(=O)NCC(C)O)cc1)S(=O)(=O)c1ccc(Cl)cc1. The third-order valence-corrected chi connectivity index (χ3v) is 7.57. The van der Waals surface area contributed by atoms with Crippen LogP contribution in [0.15, 0.2) is 83.8 Å². The maximum Gasteiger partial charge on any atom is 0.251 e. The van der Waals surface area contributed by atoms with Gasteiger partial charge in [0.2, 0.25) is 10.0 Å². The Labute approximate surface area is 206 Å². The first kappa shape index (κ1) is 25.9. The van der Waals surface area contributed by atoms with Gasteiger partial charge in [0, 0.05) is 23.7 Å². The van der Waals surface area contributed by atoms with E-state index in [0.29, 0.717) is 17.0 Å². The predicted octanol–water partition coefficient (Wildman–Crippen LogP) is 4.79. The monoisotopic (exact) mass is 500 g/mol. The second-order valence-electron chi connectivity index (χ2n) is 8.09. The van der Waals surface area contributed by atoms with Gasteiger partial charge in [0.05, 0.1) is 17.0 Å². The van der Waals surface area contributed by atoms with Gasteiger partial charge in [-0.05, 0) is 60.9 Å². The molecule has 3 aromatic carbocycles. The van der Waals surface area contributed by atoms with Crippen LogP contribution in [0.3, 0.4) is 0 Å². The predicted molar refractivity (Wildman–Crippen MR) is 134 cm³/mol. The maximum atomic E-state index is 13.7. The van der Waals surface area contributed by atoms with Crippen molar-refractivity contribution in [3.63, 3.8) is 0 Å². The van der Waals surface area contributed by atoms with Crippen molar-refractivity contribution in [3.8, 4) is 0 Å². The van der Waals surface area contributed by atoms with E-state index in [1.54, 1.807) is 43.3 Å². The molecule has 2 atom stereocenters. The van der Waals surface area contributed by atoms with Crippen LogP contribution in [0, 0.1) is 0 Å². The lowest BCUT2D eigenvalue weighted by atomic mass is 10.0. The summed E-state index contributed by atoms with van der Waals surface area (Å²) in [6, 6.07) is 22.1. The number of sulfonamides is 1. The molecule has 0 radical (unpaired) electrons. The third-order valence-electron chi connectivity index (χ3n) is 5.45. The summed E-state index contributed by atoms with van der Waals surface area (Å²) in [5.74, 6) is -0.297. The summed E-state index contributed by atoms with van der Waals surface area (Å²) in [4.78, 5) is 12.4. The van der Waals surface area contributed by atoms with Gasteiger partial charge >= 0.3 is 0 Å². The number of carbonyl (C=O) groups is 1. The van der Waals surface area contributed by atoms with Crippen molar-refractivity contribution in [1.82, 2.24) is 9.62 Å². The van der Waals surface area contributed by atoms with Crippen molar-refractivity contribution in [3.05, 3.63) is 101 Å². The van der Waals surface area contributed by atoms with Crippen LogP contribution >= 0.6 is 11.6 Å². The van der Waals surface area contributed by atoms with Crippen LogP contribution in [0.2, 0.25) is 5.02 Å².